The average molecular weight is 377 g/mol. The maximum Gasteiger partial charge on any atom is 0.416 e. The van der Waals surface area contributed by atoms with Crippen molar-refractivity contribution in [1.82, 2.24) is 5.43 Å². The van der Waals surface area contributed by atoms with Gasteiger partial charge in [-0.15, -0.1) is 0 Å². The van der Waals surface area contributed by atoms with E-state index in [4.69, 9.17) is 0 Å². The molecule has 0 saturated carbocycles. The summed E-state index contributed by atoms with van der Waals surface area (Å²) in [5, 5.41) is 6.24. The zero-order valence-electron chi connectivity index (χ0n) is 14.7. The largest absolute Gasteiger partial charge is 0.416 e. The van der Waals surface area contributed by atoms with Crippen molar-refractivity contribution in [2.75, 3.05) is 5.32 Å². The fraction of sp³-hybridized carbons (Fsp3) is 0.211. The second-order valence-electron chi connectivity index (χ2n) is 5.91. The van der Waals surface area contributed by atoms with Crippen LogP contribution in [0.25, 0.3) is 0 Å². The van der Waals surface area contributed by atoms with Gasteiger partial charge in [-0.2, -0.15) is 18.3 Å². The number of hydrogen-bond donors (Lipinski definition) is 2. The van der Waals surface area contributed by atoms with E-state index in [2.05, 4.69) is 15.8 Å². The number of alkyl halides is 3. The van der Waals surface area contributed by atoms with Crippen molar-refractivity contribution in [2.24, 2.45) is 5.10 Å². The Morgan fingerprint density at radius 1 is 1.07 bits per heavy atom. The van der Waals surface area contributed by atoms with E-state index in [0.717, 1.165) is 17.7 Å². The van der Waals surface area contributed by atoms with Crippen LogP contribution in [0.3, 0.4) is 0 Å². The van der Waals surface area contributed by atoms with Crippen LogP contribution in [0.2, 0.25) is 0 Å². The van der Waals surface area contributed by atoms with Crippen LogP contribution in [0.5, 0.6) is 0 Å². The third kappa shape index (κ3) is 5.95. The van der Waals surface area contributed by atoms with Crippen molar-refractivity contribution in [3.05, 3.63) is 65.2 Å². The highest BCUT2D eigenvalue weighted by atomic mass is 19.4. The van der Waals surface area contributed by atoms with Crippen molar-refractivity contribution in [3.63, 3.8) is 0 Å². The highest BCUT2D eigenvalue weighted by Gasteiger charge is 2.30. The summed E-state index contributed by atoms with van der Waals surface area (Å²) in [5.74, 6) is -0.952. The Labute approximate surface area is 154 Å². The Hall–Kier alpha value is -3.16. The van der Waals surface area contributed by atoms with Gasteiger partial charge in [0.2, 0.25) is 5.91 Å². The zero-order valence-corrected chi connectivity index (χ0v) is 14.7. The minimum Gasteiger partial charge on any atom is -0.326 e. The number of amides is 2. The molecule has 0 aliphatic carbocycles. The van der Waals surface area contributed by atoms with Gasteiger partial charge in [-0.05, 0) is 43.7 Å². The third-order valence-corrected chi connectivity index (χ3v) is 3.63. The van der Waals surface area contributed by atoms with E-state index in [1.165, 1.54) is 19.1 Å². The molecule has 0 heterocycles. The smallest absolute Gasteiger partial charge is 0.326 e. The maximum absolute atomic E-state index is 12.7. The van der Waals surface area contributed by atoms with Gasteiger partial charge in [0, 0.05) is 17.0 Å². The van der Waals surface area contributed by atoms with Crippen molar-refractivity contribution < 1.29 is 22.8 Å². The van der Waals surface area contributed by atoms with Crippen LogP contribution >= 0.6 is 0 Å². The Balaban J connectivity index is 1.94. The van der Waals surface area contributed by atoms with Crippen molar-refractivity contribution in [1.29, 1.82) is 0 Å². The molecule has 0 aromatic heterocycles. The summed E-state index contributed by atoms with van der Waals surface area (Å²) in [6.45, 7) is 3.32. The predicted molar refractivity (Wildman–Crippen MR) is 96.4 cm³/mol. The van der Waals surface area contributed by atoms with Crippen LogP contribution < -0.4 is 10.7 Å². The first-order valence-corrected chi connectivity index (χ1v) is 8.03. The van der Waals surface area contributed by atoms with Crippen LogP contribution in [0.15, 0.2) is 53.6 Å². The topological polar surface area (TPSA) is 70.6 Å². The summed E-state index contributed by atoms with van der Waals surface area (Å²) in [6.07, 6.45) is -4.66. The summed E-state index contributed by atoms with van der Waals surface area (Å²) >= 11 is 0. The van der Waals surface area contributed by atoms with Gasteiger partial charge in [-0.3, -0.25) is 9.59 Å². The Kier molecular flexibility index (Phi) is 6.33. The summed E-state index contributed by atoms with van der Waals surface area (Å²) in [7, 11) is 0. The van der Waals surface area contributed by atoms with E-state index in [9.17, 15) is 22.8 Å². The van der Waals surface area contributed by atoms with E-state index in [1.807, 2.05) is 0 Å². The molecule has 2 aromatic carbocycles. The zero-order chi connectivity index (χ0) is 20.0. The number of carbonyl (C=O) groups excluding carboxylic acids is 2. The molecule has 0 aliphatic rings. The number of anilines is 1. The van der Waals surface area contributed by atoms with Crippen molar-refractivity contribution in [3.8, 4) is 0 Å². The summed E-state index contributed by atoms with van der Waals surface area (Å²) in [6, 6.07) is 11.3. The van der Waals surface area contributed by atoms with Crippen molar-refractivity contribution in [2.45, 2.75) is 26.4 Å². The lowest BCUT2D eigenvalue weighted by molar-refractivity contribution is -0.137. The molecule has 27 heavy (non-hydrogen) atoms. The van der Waals surface area contributed by atoms with Gasteiger partial charge in [0.25, 0.3) is 5.91 Å². The van der Waals surface area contributed by atoms with Gasteiger partial charge >= 0.3 is 6.18 Å². The third-order valence-electron chi connectivity index (χ3n) is 3.63. The van der Waals surface area contributed by atoms with E-state index in [1.54, 1.807) is 31.2 Å². The van der Waals surface area contributed by atoms with Crippen LogP contribution in [0, 0.1) is 6.92 Å². The fourth-order valence-corrected chi connectivity index (χ4v) is 2.28. The molecule has 2 aromatic rings. The molecule has 2 rings (SSSR count). The molecule has 2 N–H and O–H groups in total. The van der Waals surface area contributed by atoms with Crippen LogP contribution in [0.4, 0.5) is 18.9 Å². The summed E-state index contributed by atoms with van der Waals surface area (Å²) in [4.78, 5) is 24.0. The van der Waals surface area contributed by atoms with Gasteiger partial charge in [0.1, 0.15) is 0 Å². The second-order valence-corrected chi connectivity index (χ2v) is 5.91. The van der Waals surface area contributed by atoms with Crippen LogP contribution in [-0.4, -0.2) is 17.5 Å². The molecule has 0 bridgehead atoms. The Morgan fingerprint density at radius 2 is 1.78 bits per heavy atom. The number of carbonyl (C=O) groups is 2. The SMILES string of the molecule is C/C(CC(=O)Nc1cccc(C(F)(F)F)c1)=N/NC(=O)c1ccccc1C. The van der Waals surface area contributed by atoms with E-state index >= 15 is 0 Å². The second kappa shape index (κ2) is 8.48. The molecule has 2 amide bonds. The van der Waals surface area contributed by atoms with Gasteiger partial charge in [-0.25, -0.2) is 5.43 Å². The Bertz CT molecular complexity index is 876. The molecule has 0 aliphatic heterocycles. The molecule has 0 spiro atoms. The van der Waals surface area contributed by atoms with E-state index < -0.39 is 23.6 Å². The first-order chi connectivity index (χ1) is 12.7. The molecule has 0 unspecified atom stereocenters. The molecule has 8 heteroatoms. The molecule has 142 valence electrons. The maximum atomic E-state index is 12.7. The minimum atomic E-state index is -4.49. The fourth-order valence-electron chi connectivity index (χ4n) is 2.28. The predicted octanol–water partition coefficient (Wildman–Crippen LogP) is 4.15. The van der Waals surface area contributed by atoms with Gasteiger partial charge < -0.3 is 5.32 Å². The van der Waals surface area contributed by atoms with Crippen molar-refractivity contribution >= 4 is 23.2 Å². The lowest BCUT2D eigenvalue weighted by Crippen LogP contribution is -2.22. The average Bonchev–Trinajstić information content (AvgIpc) is 2.59. The first kappa shape index (κ1) is 20.2. The molecule has 0 saturated heterocycles. The number of rotatable bonds is 5. The monoisotopic (exact) mass is 377 g/mol. The number of hydrogen-bond acceptors (Lipinski definition) is 3. The lowest BCUT2D eigenvalue weighted by Gasteiger charge is -2.10. The molecular formula is C19H18F3N3O2. The number of benzene rings is 2. The number of nitrogens with one attached hydrogen (secondary N) is 2. The number of aryl methyl sites for hydroxylation is 1. The van der Waals surface area contributed by atoms with Crippen LogP contribution in [-0.2, 0) is 11.0 Å². The summed E-state index contributed by atoms with van der Waals surface area (Å²) in [5.41, 5.74) is 3.09. The Morgan fingerprint density at radius 3 is 2.44 bits per heavy atom. The molecule has 0 atom stereocenters. The highest BCUT2D eigenvalue weighted by molar-refractivity contribution is 6.06. The van der Waals surface area contributed by atoms with Gasteiger partial charge in [0.05, 0.1) is 12.0 Å². The highest BCUT2D eigenvalue weighted by Crippen LogP contribution is 2.30. The lowest BCUT2D eigenvalue weighted by atomic mass is 10.1. The molecule has 5 nitrogen and oxygen atoms in total. The van der Waals surface area contributed by atoms with Crippen LogP contribution in [0.1, 0.15) is 34.8 Å². The summed E-state index contributed by atoms with van der Waals surface area (Å²) < 4.78 is 38.1. The molecule has 0 radical (unpaired) electrons. The van der Waals surface area contributed by atoms with Gasteiger partial charge in [-0.1, -0.05) is 24.3 Å². The quantitative estimate of drug-likeness (QED) is 0.607. The molecular weight excluding hydrogens is 359 g/mol. The van der Waals surface area contributed by atoms with E-state index in [-0.39, 0.29) is 12.1 Å². The molecule has 0 fully saturated rings. The normalized spacial score (nSPS) is 11.8. The van der Waals surface area contributed by atoms with Gasteiger partial charge in [0.15, 0.2) is 0 Å². The number of nitrogens with zero attached hydrogens (tertiary/aromatic N) is 1. The number of halogens is 3. The van der Waals surface area contributed by atoms with E-state index in [0.29, 0.717) is 11.3 Å². The number of hydrazone groups is 1. The first-order valence-electron chi connectivity index (χ1n) is 8.03. The standard InChI is InChI=1S/C19H18F3N3O2/c1-12-6-3-4-9-16(12)18(27)25-24-13(2)10-17(26)23-15-8-5-7-14(11-15)19(20,21)22/h3-9,11H,10H2,1-2H3,(H,23,26)(H,25,27)/b24-13-. The minimum absolute atomic E-state index is 0.0339.